The molecule has 1 aliphatic carbocycles. The van der Waals surface area contributed by atoms with Crippen LogP contribution in [0.4, 0.5) is 13.2 Å². The molecule has 0 aliphatic heterocycles. The third-order valence-corrected chi connectivity index (χ3v) is 6.07. The average Bonchev–Trinajstić information content (AvgIpc) is 3.20. The second-order valence-corrected chi connectivity index (χ2v) is 7.64. The normalized spacial score (nSPS) is 18.0. The molecule has 1 aliphatic rings. The molecule has 0 saturated heterocycles. The number of sulfonamides is 1. The van der Waals surface area contributed by atoms with Crippen molar-refractivity contribution in [3.05, 3.63) is 28.8 Å². The minimum Gasteiger partial charge on any atom is -0.207 e. The average molecular weight is 342 g/mol. The smallest absolute Gasteiger partial charge is 0.207 e. The number of nitrogens with zero attached hydrogens (tertiary/aromatic N) is 1. The molecular weight excluding hydrogens is 327 g/mol. The van der Waals surface area contributed by atoms with Gasteiger partial charge < -0.3 is 0 Å². The number of hydrogen-bond donors (Lipinski definition) is 0. The van der Waals surface area contributed by atoms with Gasteiger partial charge in [-0.3, -0.25) is 0 Å². The zero-order valence-electron chi connectivity index (χ0n) is 11.5. The SMILES string of the molecule is CC(C1CC1)N(C)S(=O)(=O)c1ccc(Cl)c(C(F)(F)F)c1. The van der Waals surface area contributed by atoms with Gasteiger partial charge in [-0.25, -0.2) is 8.42 Å². The van der Waals surface area contributed by atoms with Crippen LogP contribution in [-0.4, -0.2) is 25.8 Å². The Balaban J connectivity index is 2.40. The molecule has 1 fully saturated rings. The lowest BCUT2D eigenvalue weighted by molar-refractivity contribution is -0.137. The first-order valence-electron chi connectivity index (χ1n) is 6.40. The van der Waals surface area contributed by atoms with E-state index in [1.165, 1.54) is 7.05 Å². The molecule has 0 heterocycles. The Labute approximate surface area is 126 Å². The lowest BCUT2D eigenvalue weighted by Crippen LogP contribution is -2.36. The van der Waals surface area contributed by atoms with E-state index >= 15 is 0 Å². The summed E-state index contributed by atoms with van der Waals surface area (Å²) in [5, 5.41) is -0.514. The summed E-state index contributed by atoms with van der Waals surface area (Å²) in [6, 6.07) is 2.42. The molecule has 8 heteroatoms. The summed E-state index contributed by atoms with van der Waals surface area (Å²) >= 11 is 5.51. The number of benzene rings is 1. The minimum atomic E-state index is -4.69. The van der Waals surface area contributed by atoms with Crippen LogP contribution in [0.25, 0.3) is 0 Å². The van der Waals surface area contributed by atoms with Crippen molar-refractivity contribution >= 4 is 21.6 Å². The van der Waals surface area contributed by atoms with Gasteiger partial charge >= 0.3 is 6.18 Å². The Morgan fingerprint density at radius 2 is 1.90 bits per heavy atom. The largest absolute Gasteiger partial charge is 0.417 e. The van der Waals surface area contributed by atoms with Gasteiger partial charge in [-0.2, -0.15) is 17.5 Å². The van der Waals surface area contributed by atoms with Crippen molar-refractivity contribution < 1.29 is 21.6 Å². The van der Waals surface area contributed by atoms with Crippen LogP contribution < -0.4 is 0 Å². The highest BCUT2D eigenvalue weighted by Crippen LogP contribution is 2.38. The van der Waals surface area contributed by atoms with Gasteiger partial charge in [-0.1, -0.05) is 11.6 Å². The molecule has 1 unspecified atom stereocenters. The number of hydrogen-bond acceptors (Lipinski definition) is 2. The van der Waals surface area contributed by atoms with E-state index in [2.05, 4.69) is 0 Å². The molecule has 21 heavy (non-hydrogen) atoms. The van der Waals surface area contributed by atoms with Crippen LogP contribution in [0, 0.1) is 5.92 Å². The molecular formula is C13H15ClF3NO2S. The van der Waals surface area contributed by atoms with E-state index in [-0.39, 0.29) is 12.0 Å². The van der Waals surface area contributed by atoms with Gasteiger partial charge in [-0.15, -0.1) is 0 Å². The standard InChI is InChI=1S/C13H15ClF3NO2S/c1-8(9-3-4-9)18(2)21(19,20)10-5-6-12(14)11(7-10)13(15,16)17/h5-9H,3-4H2,1-2H3. The topological polar surface area (TPSA) is 37.4 Å². The number of alkyl halides is 3. The van der Waals surface area contributed by atoms with E-state index in [4.69, 9.17) is 11.6 Å². The van der Waals surface area contributed by atoms with Crippen molar-refractivity contribution in [2.24, 2.45) is 5.92 Å². The Morgan fingerprint density at radius 3 is 2.38 bits per heavy atom. The molecule has 3 nitrogen and oxygen atoms in total. The zero-order chi connectivity index (χ0) is 16.0. The molecule has 0 aromatic heterocycles. The fourth-order valence-corrected chi connectivity index (χ4v) is 3.82. The number of halogens is 4. The van der Waals surface area contributed by atoms with Crippen LogP contribution in [0.5, 0.6) is 0 Å². The zero-order valence-corrected chi connectivity index (χ0v) is 13.1. The molecule has 1 atom stereocenters. The van der Waals surface area contributed by atoms with Gasteiger partial charge in [0.25, 0.3) is 0 Å². The molecule has 0 spiro atoms. The Bertz CT molecular complexity index is 641. The predicted octanol–water partition coefficient (Wildman–Crippen LogP) is 3.78. The Kier molecular flexibility index (Phi) is 4.30. The summed E-state index contributed by atoms with van der Waals surface area (Å²) < 4.78 is 64.4. The quantitative estimate of drug-likeness (QED) is 0.835. The van der Waals surface area contributed by atoms with Gasteiger partial charge in [0.2, 0.25) is 10.0 Å². The van der Waals surface area contributed by atoms with Crippen molar-refractivity contribution in [1.29, 1.82) is 0 Å². The first-order chi connectivity index (χ1) is 9.55. The van der Waals surface area contributed by atoms with Crippen molar-refractivity contribution in [1.82, 2.24) is 4.31 Å². The van der Waals surface area contributed by atoms with Crippen LogP contribution in [0.3, 0.4) is 0 Å². The van der Waals surface area contributed by atoms with E-state index in [0.29, 0.717) is 6.07 Å². The third-order valence-electron chi connectivity index (χ3n) is 3.80. The van der Waals surface area contributed by atoms with E-state index in [9.17, 15) is 21.6 Å². The Morgan fingerprint density at radius 1 is 1.33 bits per heavy atom. The van der Waals surface area contributed by atoms with E-state index in [1.807, 2.05) is 0 Å². The van der Waals surface area contributed by atoms with Crippen LogP contribution in [0.1, 0.15) is 25.3 Å². The fraction of sp³-hybridized carbons (Fsp3) is 0.538. The highest BCUT2D eigenvalue weighted by Gasteiger charge is 2.38. The summed E-state index contributed by atoms with van der Waals surface area (Å²) in [5.41, 5.74) is -1.14. The molecule has 1 saturated carbocycles. The van der Waals surface area contributed by atoms with Crippen LogP contribution in [0.2, 0.25) is 5.02 Å². The molecule has 0 amide bonds. The first kappa shape index (κ1) is 16.6. The maximum atomic E-state index is 12.8. The summed E-state index contributed by atoms with van der Waals surface area (Å²) in [6.45, 7) is 1.76. The predicted molar refractivity (Wildman–Crippen MR) is 73.6 cm³/mol. The second kappa shape index (κ2) is 5.44. The van der Waals surface area contributed by atoms with E-state index < -0.39 is 31.7 Å². The molecule has 2 rings (SSSR count). The maximum absolute atomic E-state index is 12.8. The summed E-state index contributed by atoms with van der Waals surface area (Å²) in [7, 11) is -2.58. The van der Waals surface area contributed by atoms with Crippen molar-refractivity contribution in [3.8, 4) is 0 Å². The summed E-state index contributed by atoms with van der Waals surface area (Å²) in [6.07, 6.45) is -2.81. The molecule has 1 aromatic rings. The van der Waals surface area contributed by atoms with Gasteiger partial charge in [0, 0.05) is 13.1 Å². The molecule has 0 N–H and O–H groups in total. The van der Waals surface area contributed by atoms with E-state index in [0.717, 1.165) is 29.3 Å². The van der Waals surface area contributed by atoms with Gasteiger partial charge in [0.15, 0.2) is 0 Å². The molecule has 1 aromatic carbocycles. The second-order valence-electron chi connectivity index (χ2n) is 5.24. The summed E-state index contributed by atoms with van der Waals surface area (Å²) in [5.74, 6) is 0.277. The van der Waals surface area contributed by atoms with Gasteiger partial charge in [0.05, 0.1) is 15.5 Å². The lowest BCUT2D eigenvalue weighted by Gasteiger charge is -2.24. The minimum absolute atomic E-state index is 0.236. The van der Waals surface area contributed by atoms with Crippen molar-refractivity contribution in [2.45, 2.75) is 36.9 Å². The van der Waals surface area contributed by atoms with Crippen molar-refractivity contribution in [2.75, 3.05) is 7.05 Å². The fourth-order valence-electron chi connectivity index (χ4n) is 2.14. The van der Waals surface area contributed by atoms with Gasteiger partial charge in [0.1, 0.15) is 0 Å². The van der Waals surface area contributed by atoms with E-state index in [1.54, 1.807) is 6.92 Å². The lowest BCUT2D eigenvalue weighted by atomic mass is 10.2. The number of rotatable bonds is 4. The monoisotopic (exact) mass is 341 g/mol. The summed E-state index contributed by atoms with van der Waals surface area (Å²) in [4.78, 5) is -0.394. The van der Waals surface area contributed by atoms with Gasteiger partial charge in [-0.05, 0) is 43.9 Å². The highest BCUT2D eigenvalue weighted by atomic mass is 35.5. The first-order valence-corrected chi connectivity index (χ1v) is 8.21. The molecule has 118 valence electrons. The van der Waals surface area contributed by atoms with Crippen molar-refractivity contribution in [3.63, 3.8) is 0 Å². The van der Waals surface area contributed by atoms with Crippen LogP contribution >= 0.6 is 11.6 Å². The van der Waals surface area contributed by atoms with Crippen LogP contribution in [-0.2, 0) is 16.2 Å². The molecule has 0 bridgehead atoms. The maximum Gasteiger partial charge on any atom is 0.417 e. The molecule has 0 radical (unpaired) electrons. The third kappa shape index (κ3) is 3.35. The Hall–Kier alpha value is -0.790. The van der Waals surface area contributed by atoms with Crippen LogP contribution in [0.15, 0.2) is 23.1 Å². The highest BCUT2D eigenvalue weighted by molar-refractivity contribution is 7.89.